The van der Waals surface area contributed by atoms with Crippen molar-refractivity contribution in [3.8, 4) is 0 Å². The van der Waals surface area contributed by atoms with E-state index in [4.69, 9.17) is 21.6 Å². The lowest BCUT2D eigenvalue weighted by molar-refractivity contribution is -0.132. The minimum absolute atomic E-state index is 0.0119. The number of unbranched alkanes of at least 4 members (excludes halogenated alkanes) is 3. The predicted octanol–water partition coefficient (Wildman–Crippen LogP) is -0.407. The van der Waals surface area contributed by atoms with Gasteiger partial charge >= 0.3 is 0 Å². The van der Waals surface area contributed by atoms with E-state index < -0.39 is 6.23 Å². The van der Waals surface area contributed by atoms with E-state index in [-0.39, 0.29) is 11.9 Å². The molecule has 0 aliphatic carbocycles. The molecule has 9 heteroatoms. The molecule has 1 amide bonds. The van der Waals surface area contributed by atoms with Crippen LogP contribution in [0.5, 0.6) is 0 Å². The maximum absolute atomic E-state index is 12.1. The van der Waals surface area contributed by atoms with Gasteiger partial charge < -0.3 is 32.2 Å². The van der Waals surface area contributed by atoms with E-state index in [1.165, 1.54) is 7.11 Å². The fourth-order valence-electron chi connectivity index (χ4n) is 2.30. The molecule has 0 radical (unpaired) electrons. The highest BCUT2D eigenvalue weighted by Gasteiger charge is 2.15. The van der Waals surface area contributed by atoms with Crippen LogP contribution < -0.4 is 32.7 Å². The van der Waals surface area contributed by atoms with E-state index >= 15 is 0 Å². The van der Waals surface area contributed by atoms with Gasteiger partial charge in [-0.2, -0.15) is 0 Å². The van der Waals surface area contributed by atoms with Gasteiger partial charge in [-0.25, -0.2) is 0 Å². The van der Waals surface area contributed by atoms with Crippen molar-refractivity contribution in [3.63, 3.8) is 0 Å². The van der Waals surface area contributed by atoms with Crippen molar-refractivity contribution in [3.05, 3.63) is 12.2 Å². The molecule has 0 bridgehead atoms. The van der Waals surface area contributed by atoms with Crippen LogP contribution in [0.2, 0.25) is 0 Å². The summed E-state index contributed by atoms with van der Waals surface area (Å²) in [6, 6.07) is 0. The molecule has 0 rings (SSSR count). The number of allylic oxidation sites excluding steroid dienone is 1. The molecule has 0 heterocycles. The molecule has 9 N–H and O–H groups in total. The molecule has 1 unspecified atom stereocenters. The number of amides is 1. The number of hydrogen-bond acceptors (Lipinski definition) is 6. The summed E-state index contributed by atoms with van der Waals surface area (Å²) >= 11 is 0. The van der Waals surface area contributed by atoms with Crippen LogP contribution in [0.1, 0.15) is 38.5 Å². The summed E-state index contributed by atoms with van der Waals surface area (Å²) in [5.74, 6) is -0.130. The molecule has 27 heavy (non-hydrogen) atoms. The maximum atomic E-state index is 12.1. The first-order valence-corrected chi connectivity index (χ1v) is 9.79. The van der Waals surface area contributed by atoms with Crippen molar-refractivity contribution in [2.24, 2.45) is 11.5 Å². The summed E-state index contributed by atoms with van der Waals surface area (Å²) in [7, 11) is 1.52. The van der Waals surface area contributed by atoms with E-state index in [0.29, 0.717) is 19.6 Å². The smallest absolute Gasteiger partial charge is 0.264 e. The molecule has 0 aromatic heterocycles. The third-order valence-electron chi connectivity index (χ3n) is 3.81. The molecule has 0 fully saturated rings. The maximum Gasteiger partial charge on any atom is 0.264 e. The molecule has 9 nitrogen and oxygen atoms in total. The second-order valence-electron chi connectivity index (χ2n) is 6.22. The Morgan fingerprint density at radius 3 is 2.41 bits per heavy atom. The second kappa shape index (κ2) is 19.1. The molecule has 0 aromatic rings. The van der Waals surface area contributed by atoms with Crippen molar-refractivity contribution in [1.29, 1.82) is 5.41 Å². The lowest BCUT2D eigenvalue weighted by Gasteiger charge is -2.15. The van der Waals surface area contributed by atoms with Gasteiger partial charge in [0.2, 0.25) is 0 Å². The fourth-order valence-corrected chi connectivity index (χ4v) is 2.30. The third-order valence-corrected chi connectivity index (χ3v) is 3.81. The summed E-state index contributed by atoms with van der Waals surface area (Å²) in [5.41, 5.74) is 10.6. The second-order valence-corrected chi connectivity index (χ2v) is 6.22. The van der Waals surface area contributed by atoms with Crippen LogP contribution in [0.3, 0.4) is 0 Å². The molecular weight excluding hydrogens is 346 g/mol. The Hall–Kier alpha value is -1.68. The van der Waals surface area contributed by atoms with Crippen molar-refractivity contribution < 1.29 is 9.53 Å². The van der Waals surface area contributed by atoms with Crippen molar-refractivity contribution in [2.75, 3.05) is 46.4 Å². The summed E-state index contributed by atoms with van der Waals surface area (Å²) in [6.45, 7) is 4.53. The third kappa shape index (κ3) is 17.5. The van der Waals surface area contributed by atoms with Crippen molar-refractivity contribution in [2.45, 2.75) is 44.8 Å². The van der Waals surface area contributed by atoms with Gasteiger partial charge in [0.1, 0.15) is 0 Å². The topological polar surface area (TPSA) is 150 Å². The minimum Gasteiger partial charge on any atom is -0.370 e. The first-order chi connectivity index (χ1) is 13.1. The molecule has 158 valence electrons. The van der Waals surface area contributed by atoms with Gasteiger partial charge in [0.15, 0.2) is 12.2 Å². The van der Waals surface area contributed by atoms with E-state index in [9.17, 15) is 4.79 Å². The van der Waals surface area contributed by atoms with Gasteiger partial charge in [0.25, 0.3) is 5.91 Å². The predicted molar refractivity (Wildman–Crippen MR) is 110 cm³/mol. The lowest BCUT2D eigenvalue weighted by atomic mass is 10.2. The highest BCUT2D eigenvalue weighted by atomic mass is 16.5. The summed E-state index contributed by atoms with van der Waals surface area (Å²) in [6.07, 6.45) is 9.28. The average molecular weight is 386 g/mol. The highest BCUT2D eigenvalue weighted by Crippen LogP contribution is 1.95. The largest absolute Gasteiger partial charge is 0.370 e. The van der Waals surface area contributed by atoms with Crippen LogP contribution >= 0.6 is 0 Å². The molecule has 0 saturated carbocycles. The van der Waals surface area contributed by atoms with Gasteiger partial charge in [-0.15, -0.1) is 0 Å². The van der Waals surface area contributed by atoms with Crippen LogP contribution in [-0.4, -0.2) is 64.5 Å². The minimum atomic E-state index is -0.642. The van der Waals surface area contributed by atoms with Gasteiger partial charge in [-0.05, 0) is 58.2 Å². The van der Waals surface area contributed by atoms with Crippen LogP contribution in [0, 0.1) is 5.41 Å². The molecule has 0 spiro atoms. The highest BCUT2D eigenvalue weighted by molar-refractivity contribution is 5.80. The Morgan fingerprint density at radius 2 is 1.70 bits per heavy atom. The number of guanidine groups is 1. The van der Waals surface area contributed by atoms with Crippen LogP contribution in [0.15, 0.2) is 12.2 Å². The van der Waals surface area contributed by atoms with E-state index in [1.807, 2.05) is 6.08 Å². The first-order valence-electron chi connectivity index (χ1n) is 9.79. The SMILES string of the molecule is COC(NCC=CCCCCNC(=N)N)C(=O)NCCCCNCCCN. The van der Waals surface area contributed by atoms with Crippen molar-refractivity contribution >= 4 is 11.9 Å². The van der Waals surface area contributed by atoms with E-state index in [0.717, 1.165) is 58.2 Å². The monoisotopic (exact) mass is 385 g/mol. The van der Waals surface area contributed by atoms with Gasteiger partial charge in [0.05, 0.1) is 0 Å². The zero-order chi connectivity index (χ0) is 20.2. The Labute approximate surface area is 163 Å². The number of ether oxygens (including phenoxy) is 1. The zero-order valence-electron chi connectivity index (χ0n) is 16.7. The summed E-state index contributed by atoms with van der Waals surface area (Å²) < 4.78 is 5.20. The van der Waals surface area contributed by atoms with Gasteiger partial charge in [0, 0.05) is 26.7 Å². The fraction of sp³-hybridized carbons (Fsp3) is 0.778. The first kappa shape index (κ1) is 25.3. The number of carbonyl (C=O) groups is 1. The normalized spacial score (nSPS) is 12.2. The Morgan fingerprint density at radius 1 is 1.04 bits per heavy atom. The van der Waals surface area contributed by atoms with Crippen LogP contribution in [-0.2, 0) is 9.53 Å². The lowest BCUT2D eigenvalue weighted by Crippen LogP contribution is -2.45. The zero-order valence-corrected chi connectivity index (χ0v) is 16.7. The Bertz CT molecular complexity index is 405. The molecular formula is C18H39N7O2. The average Bonchev–Trinajstić information content (AvgIpc) is 2.65. The van der Waals surface area contributed by atoms with Crippen molar-refractivity contribution in [1.82, 2.24) is 21.3 Å². The molecule has 1 atom stereocenters. The summed E-state index contributed by atoms with van der Waals surface area (Å²) in [4.78, 5) is 12.1. The number of rotatable bonds is 18. The van der Waals surface area contributed by atoms with Crippen LogP contribution in [0.4, 0.5) is 0 Å². The Kier molecular flexibility index (Phi) is 17.9. The standard InChI is InChI=1S/C18H39N7O2/c1-27-17(16(26)23-13-8-7-11-22-12-9-10-19)24-14-5-3-2-4-6-15-25-18(20)21/h3,5,17,22,24H,2,4,6-15,19H2,1H3,(H,23,26)(H4,20,21,25). The number of hydrogen-bond donors (Lipinski definition) is 7. The molecule has 0 saturated heterocycles. The molecule has 0 aliphatic rings. The van der Waals surface area contributed by atoms with Gasteiger partial charge in [-0.1, -0.05) is 12.2 Å². The quantitative estimate of drug-likeness (QED) is 0.0557. The van der Waals surface area contributed by atoms with E-state index in [1.54, 1.807) is 0 Å². The van der Waals surface area contributed by atoms with Crippen LogP contribution in [0.25, 0.3) is 0 Å². The number of carbonyl (C=O) groups excluding carboxylic acids is 1. The van der Waals surface area contributed by atoms with Gasteiger partial charge in [-0.3, -0.25) is 15.5 Å². The summed E-state index contributed by atoms with van der Waals surface area (Å²) in [5, 5.41) is 19.1. The Balaban J connectivity index is 3.64. The number of methoxy groups -OCH3 is 1. The molecule has 0 aliphatic heterocycles. The number of nitrogens with one attached hydrogen (secondary N) is 5. The number of nitrogens with two attached hydrogens (primary N) is 2. The molecule has 0 aromatic carbocycles. The van der Waals surface area contributed by atoms with E-state index in [2.05, 4.69) is 27.3 Å².